The molecule has 1 aliphatic heterocycles. The molecule has 0 amide bonds. The lowest BCUT2D eigenvalue weighted by molar-refractivity contribution is 0.0769. The van der Waals surface area contributed by atoms with Crippen LogP contribution in [-0.2, 0) is 0 Å². The molecule has 1 nitrogen and oxygen atoms in total. The third kappa shape index (κ3) is 3.16. The molecule has 0 N–H and O–H groups in total. The first-order valence-corrected chi connectivity index (χ1v) is 6.92. The highest BCUT2D eigenvalue weighted by Crippen LogP contribution is 2.31. The molecule has 0 aromatic rings. The summed E-state index contributed by atoms with van der Waals surface area (Å²) in [4.78, 5) is 2.69. The van der Waals surface area contributed by atoms with Gasteiger partial charge in [-0.2, -0.15) is 11.8 Å². The number of rotatable bonds is 1. The van der Waals surface area contributed by atoms with Crippen LogP contribution in [0.15, 0.2) is 0 Å². The van der Waals surface area contributed by atoms with E-state index in [0.29, 0.717) is 11.5 Å². The van der Waals surface area contributed by atoms with Gasteiger partial charge in [0.25, 0.3) is 0 Å². The zero-order chi connectivity index (χ0) is 10.8. The molecular formula is C12H25NS. The summed E-state index contributed by atoms with van der Waals surface area (Å²) < 4.78 is 0. The minimum atomic E-state index is 0.426. The molecule has 0 radical (unpaired) electrons. The summed E-state index contributed by atoms with van der Waals surface area (Å²) in [7, 11) is 0. The molecule has 84 valence electrons. The Hall–Kier alpha value is 0.310. The van der Waals surface area contributed by atoms with Crippen molar-refractivity contribution in [3.05, 3.63) is 0 Å². The summed E-state index contributed by atoms with van der Waals surface area (Å²) in [6.07, 6.45) is 1.35. The predicted molar refractivity (Wildman–Crippen MR) is 67.0 cm³/mol. The van der Waals surface area contributed by atoms with E-state index in [4.69, 9.17) is 0 Å². The van der Waals surface area contributed by atoms with Gasteiger partial charge in [0.05, 0.1) is 0 Å². The summed E-state index contributed by atoms with van der Waals surface area (Å²) in [5.41, 5.74) is 0.426. The molecule has 1 fully saturated rings. The highest BCUT2D eigenvalue weighted by atomic mass is 32.2. The van der Waals surface area contributed by atoms with E-state index < -0.39 is 0 Å². The summed E-state index contributed by atoms with van der Waals surface area (Å²) >= 11 is 2.12. The molecule has 0 aromatic heterocycles. The lowest BCUT2D eigenvalue weighted by atomic mass is 9.83. The Bertz CT molecular complexity index is 172. The van der Waals surface area contributed by atoms with Gasteiger partial charge in [0.1, 0.15) is 0 Å². The third-order valence-corrected chi connectivity index (χ3v) is 4.09. The largest absolute Gasteiger partial charge is 0.297 e. The topological polar surface area (TPSA) is 3.24 Å². The van der Waals surface area contributed by atoms with Crippen molar-refractivity contribution in [1.82, 2.24) is 4.90 Å². The highest BCUT2D eigenvalue weighted by Gasteiger charge is 2.32. The molecule has 0 saturated carbocycles. The molecule has 2 heteroatoms. The normalized spacial score (nSPS) is 26.6. The lowest BCUT2D eigenvalue weighted by Gasteiger charge is -2.41. The number of hydrogen-bond acceptors (Lipinski definition) is 2. The second kappa shape index (κ2) is 4.89. The van der Waals surface area contributed by atoms with Crippen LogP contribution in [0.5, 0.6) is 0 Å². The van der Waals surface area contributed by atoms with Crippen molar-refractivity contribution < 1.29 is 0 Å². The molecule has 1 atom stereocenters. The van der Waals surface area contributed by atoms with Crippen molar-refractivity contribution in [3.63, 3.8) is 0 Å². The van der Waals surface area contributed by atoms with Crippen LogP contribution < -0.4 is 0 Å². The molecule has 14 heavy (non-hydrogen) atoms. The molecule has 1 aliphatic rings. The quantitative estimate of drug-likeness (QED) is 0.660. The zero-order valence-electron chi connectivity index (χ0n) is 10.3. The fourth-order valence-corrected chi connectivity index (χ4v) is 3.27. The van der Waals surface area contributed by atoms with Crippen LogP contribution in [0.25, 0.3) is 0 Å². The second-order valence-electron chi connectivity index (χ2n) is 5.61. The molecule has 0 bridgehead atoms. The van der Waals surface area contributed by atoms with Crippen molar-refractivity contribution in [3.8, 4) is 0 Å². The molecule has 1 saturated heterocycles. The fourth-order valence-electron chi connectivity index (χ4n) is 2.34. The number of nitrogens with zero attached hydrogens (tertiary/aromatic N) is 1. The summed E-state index contributed by atoms with van der Waals surface area (Å²) in [6.45, 7) is 13.1. The van der Waals surface area contributed by atoms with Gasteiger partial charge in [-0.1, -0.05) is 20.8 Å². The van der Waals surface area contributed by atoms with Crippen LogP contribution in [0, 0.1) is 5.41 Å². The first-order valence-electron chi connectivity index (χ1n) is 5.76. The second-order valence-corrected chi connectivity index (χ2v) is 6.84. The Kier molecular flexibility index (Phi) is 4.32. The van der Waals surface area contributed by atoms with Gasteiger partial charge >= 0.3 is 0 Å². The lowest BCUT2D eigenvalue weighted by Crippen LogP contribution is -2.47. The van der Waals surface area contributed by atoms with E-state index in [-0.39, 0.29) is 0 Å². The minimum Gasteiger partial charge on any atom is -0.297 e. The van der Waals surface area contributed by atoms with Crippen molar-refractivity contribution >= 4 is 11.8 Å². The maximum absolute atomic E-state index is 2.69. The summed E-state index contributed by atoms with van der Waals surface area (Å²) in [6, 6.07) is 1.45. The molecular weight excluding hydrogens is 190 g/mol. The van der Waals surface area contributed by atoms with E-state index in [0.717, 1.165) is 6.04 Å². The van der Waals surface area contributed by atoms with Gasteiger partial charge in [0.2, 0.25) is 0 Å². The van der Waals surface area contributed by atoms with Crippen LogP contribution in [-0.4, -0.2) is 35.0 Å². The zero-order valence-corrected chi connectivity index (χ0v) is 11.2. The van der Waals surface area contributed by atoms with Crippen LogP contribution in [0.3, 0.4) is 0 Å². The van der Waals surface area contributed by atoms with Gasteiger partial charge in [-0.25, -0.2) is 0 Å². The van der Waals surface area contributed by atoms with E-state index in [1.165, 1.54) is 24.5 Å². The third-order valence-electron chi connectivity index (χ3n) is 3.09. The molecule has 1 heterocycles. The van der Waals surface area contributed by atoms with E-state index >= 15 is 0 Å². The van der Waals surface area contributed by atoms with E-state index in [9.17, 15) is 0 Å². The first-order chi connectivity index (χ1) is 6.43. The molecule has 0 spiro atoms. The Morgan fingerprint density at radius 3 is 2.36 bits per heavy atom. The Morgan fingerprint density at radius 1 is 1.21 bits per heavy atom. The van der Waals surface area contributed by atoms with Crippen LogP contribution in [0.1, 0.15) is 41.0 Å². The van der Waals surface area contributed by atoms with E-state index in [1.807, 2.05) is 0 Å². The number of thioether (sulfide) groups is 1. The molecule has 0 unspecified atom stereocenters. The van der Waals surface area contributed by atoms with Crippen molar-refractivity contribution in [1.29, 1.82) is 0 Å². The maximum atomic E-state index is 2.69. The average molecular weight is 215 g/mol. The molecule has 0 aliphatic carbocycles. The Balaban J connectivity index is 2.74. The van der Waals surface area contributed by atoms with Crippen LogP contribution in [0.4, 0.5) is 0 Å². The summed E-state index contributed by atoms with van der Waals surface area (Å²) in [5, 5.41) is 0. The van der Waals surface area contributed by atoms with Gasteiger partial charge in [-0.05, 0) is 31.4 Å². The van der Waals surface area contributed by atoms with Crippen molar-refractivity contribution in [2.45, 2.75) is 53.1 Å². The molecule has 0 aromatic carbocycles. The number of hydrogen-bond donors (Lipinski definition) is 0. The SMILES string of the molecule is CC(C)N1CCSCC[C@H]1C(C)(C)C. The highest BCUT2D eigenvalue weighted by molar-refractivity contribution is 7.99. The minimum absolute atomic E-state index is 0.426. The Labute approximate surface area is 93.6 Å². The van der Waals surface area contributed by atoms with Gasteiger partial charge < -0.3 is 0 Å². The summed E-state index contributed by atoms with van der Waals surface area (Å²) in [5.74, 6) is 2.65. The van der Waals surface area contributed by atoms with Gasteiger partial charge in [-0.3, -0.25) is 4.90 Å². The maximum Gasteiger partial charge on any atom is 0.0155 e. The van der Waals surface area contributed by atoms with Gasteiger partial charge in [0, 0.05) is 24.4 Å². The van der Waals surface area contributed by atoms with Crippen LogP contribution >= 0.6 is 11.8 Å². The van der Waals surface area contributed by atoms with Crippen molar-refractivity contribution in [2.24, 2.45) is 5.41 Å². The van der Waals surface area contributed by atoms with E-state index in [1.54, 1.807) is 0 Å². The standard InChI is InChI=1S/C12H25NS/c1-10(2)13-7-9-14-8-6-11(13)12(3,4)5/h10-11H,6-9H2,1-5H3/t11-/m0/s1. The van der Waals surface area contributed by atoms with Gasteiger partial charge in [0.15, 0.2) is 0 Å². The predicted octanol–water partition coefficient (Wildman–Crippen LogP) is 3.25. The van der Waals surface area contributed by atoms with Crippen LogP contribution in [0.2, 0.25) is 0 Å². The molecule has 1 rings (SSSR count). The first kappa shape index (κ1) is 12.4. The van der Waals surface area contributed by atoms with Crippen molar-refractivity contribution in [2.75, 3.05) is 18.1 Å². The van der Waals surface area contributed by atoms with E-state index in [2.05, 4.69) is 51.3 Å². The fraction of sp³-hybridized carbons (Fsp3) is 1.00. The average Bonchev–Trinajstić information content (AvgIpc) is 2.26. The Morgan fingerprint density at radius 2 is 1.86 bits per heavy atom. The smallest absolute Gasteiger partial charge is 0.0155 e. The monoisotopic (exact) mass is 215 g/mol. The van der Waals surface area contributed by atoms with Gasteiger partial charge in [-0.15, -0.1) is 0 Å².